The quantitative estimate of drug-likeness (QED) is 0.397. The van der Waals surface area contributed by atoms with Crippen LogP contribution < -0.4 is 11.1 Å². The van der Waals surface area contributed by atoms with E-state index in [1.54, 1.807) is 0 Å². The molecule has 0 unspecified atom stereocenters. The maximum Gasteiger partial charge on any atom is 0.306 e. The minimum atomic E-state index is -2.77. The molecular formula is C18H16F2N6O4S. The zero-order valence-electron chi connectivity index (χ0n) is 15.9. The number of carbonyl (C=O) groups is 2. The van der Waals surface area contributed by atoms with Gasteiger partial charge in [-0.25, -0.2) is 13.8 Å². The number of hydrogen-bond donors (Lipinski definition) is 2. The number of aryl methyl sites for hydroxylation is 1. The van der Waals surface area contributed by atoms with E-state index in [0.29, 0.717) is 10.9 Å². The molecule has 31 heavy (non-hydrogen) atoms. The molecular weight excluding hydrogens is 434 g/mol. The Morgan fingerprint density at radius 2 is 2.16 bits per heavy atom. The highest BCUT2D eigenvalue weighted by atomic mass is 32.1. The van der Waals surface area contributed by atoms with E-state index in [1.165, 1.54) is 16.9 Å². The average molecular weight is 450 g/mol. The topological polar surface area (TPSA) is 146 Å². The first-order valence-corrected chi connectivity index (χ1v) is 10.1. The van der Waals surface area contributed by atoms with Gasteiger partial charge in [-0.2, -0.15) is 5.10 Å². The van der Waals surface area contributed by atoms with Crippen molar-refractivity contribution in [3.05, 3.63) is 44.7 Å². The largest absolute Gasteiger partial charge is 0.365 e. The number of nitrogens with two attached hydrogens (primary N) is 1. The van der Waals surface area contributed by atoms with Crippen LogP contribution in [0.2, 0.25) is 0 Å². The summed E-state index contributed by atoms with van der Waals surface area (Å²) >= 11 is 0.860. The second-order valence-electron chi connectivity index (χ2n) is 7.08. The van der Waals surface area contributed by atoms with E-state index in [0.717, 1.165) is 30.4 Å². The molecule has 0 aliphatic heterocycles. The van der Waals surface area contributed by atoms with Crippen molar-refractivity contribution in [2.45, 2.75) is 38.2 Å². The lowest BCUT2D eigenvalue weighted by molar-refractivity contribution is -0.385. The molecule has 0 radical (unpaired) electrons. The monoisotopic (exact) mass is 450 g/mol. The number of fused-ring (bicyclic) bond motifs is 1. The molecule has 0 bridgehead atoms. The van der Waals surface area contributed by atoms with Crippen LogP contribution in [0.3, 0.4) is 0 Å². The first-order valence-electron chi connectivity index (χ1n) is 9.26. The number of rotatable bonds is 8. The van der Waals surface area contributed by atoms with Crippen LogP contribution in [0.4, 0.5) is 20.2 Å². The number of hydrogen-bond acceptors (Lipinski definition) is 7. The van der Waals surface area contributed by atoms with E-state index in [2.05, 4.69) is 15.4 Å². The second-order valence-corrected chi connectivity index (χ2v) is 8.08. The Morgan fingerprint density at radius 3 is 2.74 bits per heavy atom. The Hall–Kier alpha value is -3.48. The smallest absolute Gasteiger partial charge is 0.306 e. The van der Waals surface area contributed by atoms with Gasteiger partial charge in [0, 0.05) is 18.4 Å². The maximum atomic E-state index is 13.3. The molecule has 1 saturated carbocycles. The Balaban J connectivity index is 1.63. The number of nitrogens with zero attached hydrogens (tertiary/aromatic N) is 4. The molecule has 0 saturated heterocycles. The molecule has 1 aliphatic carbocycles. The summed E-state index contributed by atoms with van der Waals surface area (Å²) in [5, 5.41) is 17.6. The zero-order valence-corrected chi connectivity index (χ0v) is 16.7. The number of anilines is 1. The van der Waals surface area contributed by atoms with Gasteiger partial charge < -0.3 is 11.1 Å². The van der Waals surface area contributed by atoms with E-state index in [9.17, 15) is 28.5 Å². The van der Waals surface area contributed by atoms with Gasteiger partial charge >= 0.3 is 5.69 Å². The lowest BCUT2D eigenvalue weighted by Crippen LogP contribution is -2.18. The van der Waals surface area contributed by atoms with Crippen molar-refractivity contribution in [1.29, 1.82) is 0 Å². The van der Waals surface area contributed by atoms with Gasteiger partial charge in [0.2, 0.25) is 5.91 Å². The summed E-state index contributed by atoms with van der Waals surface area (Å²) in [7, 11) is 0. The standard InChI is InChI=1S/C18H16F2N6O4S/c19-16(20)11-5-10(8-1-2-8)13-14(15(17(21)28)31-18(13)23-11)24-12(27)3-4-25-7-9(6-22-25)26(29)30/h5-8,16H,1-4H2,(H2,21,28)(H,24,27). The number of nitro groups is 1. The highest BCUT2D eigenvalue weighted by Gasteiger charge is 2.31. The highest BCUT2D eigenvalue weighted by Crippen LogP contribution is 2.48. The van der Waals surface area contributed by atoms with Crippen molar-refractivity contribution in [2.75, 3.05) is 5.32 Å². The Bertz CT molecular complexity index is 1200. The number of primary amides is 1. The molecule has 2 amide bonds. The predicted octanol–water partition coefficient (Wildman–Crippen LogP) is 3.34. The molecule has 0 atom stereocenters. The average Bonchev–Trinajstić information content (AvgIpc) is 3.33. The summed E-state index contributed by atoms with van der Waals surface area (Å²) < 4.78 is 27.8. The summed E-state index contributed by atoms with van der Waals surface area (Å²) in [6.45, 7) is 0.0664. The Kier molecular flexibility index (Phi) is 5.35. The van der Waals surface area contributed by atoms with Crippen molar-refractivity contribution in [2.24, 2.45) is 5.73 Å². The summed E-state index contributed by atoms with van der Waals surface area (Å²) in [4.78, 5) is 38.8. The molecule has 3 heterocycles. The van der Waals surface area contributed by atoms with Crippen molar-refractivity contribution in [3.8, 4) is 0 Å². The molecule has 10 nitrogen and oxygen atoms in total. The Morgan fingerprint density at radius 1 is 1.42 bits per heavy atom. The van der Waals surface area contributed by atoms with Gasteiger partial charge in [0.05, 0.1) is 10.6 Å². The lowest BCUT2D eigenvalue weighted by atomic mass is 10.0. The van der Waals surface area contributed by atoms with Crippen molar-refractivity contribution in [1.82, 2.24) is 14.8 Å². The third-order valence-electron chi connectivity index (χ3n) is 4.84. The van der Waals surface area contributed by atoms with Gasteiger partial charge in [0.15, 0.2) is 0 Å². The van der Waals surface area contributed by atoms with Crippen LogP contribution in [0.15, 0.2) is 18.5 Å². The lowest BCUT2D eigenvalue weighted by Gasteiger charge is -2.10. The fourth-order valence-corrected chi connectivity index (χ4v) is 4.28. The van der Waals surface area contributed by atoms with Crippen LogP contribution in [-0.2, 0) is 11.3 Å². The van der Waals surface area contributed by atoms with E-state index in [-0.39, 0.29) is 45.7 Å². The number of aromatic nitrogens is 3. The van der Waals surface area contributed by atoms with Crippen LogP contribution in [0.25, 0.3) is 10.2 Å². The number of halogens is 2. The molecule has 3 aromatic rings. The summed E-state index contributed by atoms with van der Waals surface area (Å²) in [6.07, 6.45) is 1.05. The van der Waals surface area contributed by atoms with Crippen LogP contribution in [-0.4, -0.2) is 31.5 Å². The molecule has 1 aliphatic rings. The normalized spacial score (nSPS) is 13.6. The van der Waals surface area contributed by atoms with Gasteiger partial charge in [0.1, 0.15) is 27.8 Å². The molecule has 3 N–H and O–H groups in total. The number of thiophene rings is 1. The van der Waals surface area contributed by atoms with E-state index >= 15 is 0 Å². The molecule has 0 aromatic carbocycles. The second kappa shape index (κ2) is 7.98. The molecule has 1 fully saturated rings. The number of alkyl halides is 2. The Labute approximate surface area is 177 Å². The SMILES string of the molecule is NC(=O)c1sc2nc(C(F)F)cc(C3CC3)c2c1NC(=O)CCn1cc([N+](=O)[O-])cn1. The number of amides is 2. The molecule has 3 aromatic heterocycles. The predicted molar refractivity (Wildman–Crippen MR) is 107 cm³/mol. The van der Waals surface area contributed by atoms with Crippen molar-refractivity contribution in [3.63, 3.8) is 0 Å². The fourth-order valence-electron chi connectivity index (χ4n) is 3.25. The minimum Gasteiger partial charge on any atom is -0.365 e. The number of nitrogens with one attached hydrogen (secondary N) is 1. The molecule has 4 rings (SSSR count). The van der Waals surface area contributed by atoms with Crippen molar-refractivity contribution < 1.29 is 23.3 Å². The van der Waals surface area contributed by atoms with Gasteiger partial charge in [-0.15, -0.1) is 11.3 Å². The van der Waals surface area contributed by atoms with Crippen LogP contribution in [0, 0.1) is 10.1 Å². The fraction of sp³-hybridized carbons (Fsp3) is 0.333. The third kappa shape index (κ3) is 4.21. The van der Waals surface area contributed by atoms with Gasteiger partial charge in [0.25, 0.3) is 12.3 Å². The third-order valence-corrected chi connectivity index (χ3v) is 5.94. The first kappa shape index (κ1) is 20.8. The molecule has 162 valence electrons. The number of pyridine rings is 1. The summed E-state index contributed by atoms with van der Waals surface area (Å²) in [6, 6.07) is 1.32. The molecule has 13 heteroatoms. The highest BCUT2D eigenvalue weighted by molar-refractivity contribution is 7.21. The number of carbonyl (C=O) groups excluding carboxylic acids is 2. The molecule has 0 spiro atoms. The van der Waals surface area contributed by atoms with Crippen molar-refractivity contribution >= 4 is 44.7 Å². The van der Waals surface area contributed by atoms with Crippen LogP contribution >= 0.6 is 11.3 Å². The summed E-state index contributed by atoms with van der Waals surface area (Å²) in [5.74, 6) is -1.24. The zero-order chi connectivity index (χ0) is 22.3. The maximum absolute atomic E-state index is 13.3. The van der Waals surface area contributed by atoms with Crippen LogP contribution in [0.1, 0.15) is 52.5 Å². The van der Waals surface area contributed by atoms with Gasteiger partial charge in [-0.3, -0.25) is 24.4 Å². The minimum absolute atomic E-state index is 0.0268. The van der Waals surface area contributed by atoms with E-state index in [1.807, 2.05) is 0 Å². The van der Waals surface area contributed by atoms with Gasteiger partial charge in [-0.05, 0) is 30.4 Å². The van der Waals surface area contributed by atoms with E-state index < -0.39 is 23.2 Å². The van der Waals surface area contributed by atoms with Crippen LogP contribution in [0.5, 0.6) is 0 Å². The van der Waals surface area contributed by atoms with Gasteiger partial charge in [-0.1, -0.05) is 0 Å². The summed E-state index contributed by atoms with van der Waals surface area (Å²) in [5.41, 5.74) is 5.65. The van der Waals surface area contributed by atoms with E-state index in [4.69, 9.17) is 5.73 Å². The first-order chi connectivity index (χ1) is 14.7.